The van der Waals surface area contributed by atoms with Gasteiger partial charge in [0.1, 0.15) is 18.2 Å². The number of carboxylic acids is 1. The zero-order valence-corrected chi connectivity index (χ0v) is 25.1. The van der Waals surface area contributed by atoms with Gasteiger partial charge in [-0.1, -0.05) is 18.2 Å². The number of ether oxygens (including phenoxy) is 2. The number of aromatic nitrogens is 2. The largest absolute Gasteiger partial charge is 0.483 e. The quantitative estimate of drug-likeness (QED) is 0.155. The minimum atomic E-state index is -1.05. The fourth-order valence-corrected chi connectivity index (χ4v) is 5.90. The van der Waals surface area contributed by atoms with Gasteiger partial charge >= 0.3 is 5.97 Å². The summed E-state index contributed by atoms with van der Waals surface area (Å²) in [5, 5.41) is 17.9. The lowest BCUT2D eigenvalue weighted by Gasteiger charge is -2.37. The van der Waals surface area contributed by atoms with E-state index in [1.165, 1.54) is 29.5 Å². The van der Waals surface area contributed by atoms with Crippen LogP contribution in [0.2, 0.25) is 0 Å². The van der Waals surface area contributed by atoms with Gasteiger partial charge in [-0.3, -0.25) is 9.78 Å². The Morgan fingerprint density at radius 3 is 2.60 bits per heavy atom. The molecule has 1 unspecified atom stereocenters. The second-order valence-corrected chi connectivity index (χ2v) is 11.7. The van der Waals surface area contributed by atoms with Crippen LogP contribution in [0.4, 0.5) is 9.52 Å². The van der Waals surface area contributed by atoms with Crippen LogP contribution in [0.3, 0.4) is 0 Å². The zero-order valence-electron chi connectivity index (χ0n) is 24.2. The van der Waals surface area contributed by atoms with Crippen LogP contribution in [-0.4, -0.2) is 33.5 Å². The van der Waals surface area contributed by atoms with Crippen molar-refractivity contribution in [1.29, 1.82) is 0 Å². The minimum Gasteiger partial charge on any atom is -0.483 e. The van der Waals surface area contributed by atoms with E-state index in [1.807, 2.05) is 37.3 Å². The van der Waals surface area contributed by atoms with Gasteiger partial charge in [-0.05, 0) is 78.6 Å². The highest BCUT2D eigenvalue weighted by Crippen LogP contribution is 2.42. The lowest BCUT2D eigenvalue weighted by molar-refractivity contribution is -0.117. The molecule has 3 N–H and O–H groups in total. The molecule has 1 amide bonds. The zero-order chi connectivity index (χ0) is 31.4. The smallest absolute Gasteiger partial charge is 0.335 e. The SMILES string of the molecule is CC1(CC(=O)Nc2nccs2)NCCc2cc(OCc3ccccn3)c(Oc3ccc(-c4ccc(C(=O)O)cc4)c(F)c3)cc21. The number of nitrogens with zero attached hydrogens (tertiary/aromatic N) is 2. The molecule has 0 bridgehead atoms. The van der Waals surface area contributed by atoms with Crippen molar-refractivity contribution < 1.29 is 28.6 Å². The Labute approximate surface area is 262 Å². The number of thiazole rings is 1. The number of hydrogen-bond acceptors (Lipinski definition) is 8. The molecule has 9 nitrogen and oxygen atoms in total. The van der Waals surface area contributed by atoms with Gasteiger partial charge in [-0.2, -0.15) is 0 Å². The summed E-state index contributed by atoms with van der Waals surface area (Å²) < 4.78 is 27.8. The van der Waals surface area contributed by atoms with Crippen molar-refractivity contribution in [1.82, 2.24) is 15.3 Å². The van der Waals surface area contributed by atoms with Gasteiger partial charge in [0, 0.05) is 47.9 Å². The van der Waals surface area contributed by atoms with Crippen molar-refractivity contribution in [2.24, 2.45) is 0 Å². The van der Waals surface area contributed by atoms with Crippen LogP contribution in [0.15, 0.2) is 90.6 Å². The van der Waals surface area contributed by atoms with Crippen LogP contribution in [0.1, 0.15) is 40.5 Å². The van der Waals surface area contributed by atoms with Gasteiger partial charge in [0.25, 0.3) is 0 Å². The van der Waals surface area contributed by atoms with Gasteiger partial charge in [-0.25, -0.2) is 14.2 Å². The third kappa shape index (κ3) is 6.84. The van der Waals surface area contributed by atoms with E-state index in [0.717, 1.165) is 16.8 Å². The van der Waals surface area contributed by atoms with Crippen molar-refractivity contribution in [3.63, 3.8) is 0 Å². The third-order valence-corrected chi connectivity index (χ3v) is 8.27. The van der Waals surface area contributed by atoms with Crippen LogP contribution in [-0.2, 0) is 23.4 Å². The number of carboxylic acid groups (broad SMARTS) is 1. The number of amides is 1. The molecule has 0 saturated heterocycles. The molecule has 0 saturated carbocycles. The van der Waals surface area contributed by atoms with E-state index >= 15 is 4.39 Å². The van der Waals surface area contributed by atoms with E-state index in [0.29, 0.717) is 40.7 Å². The molecule has 0 aliphatic carbocycles. The summed E-state index contributed by atoms with van der Waals surface area (Å²) in [6, 6.07) is 19.8. The Morgan fingerprint density at radius 2 is 1.89 bits per heavy atom. The Kier molecular flexibility index (Phi) is 8.54. The number of hydrogen-bond donors (Lipinski definition) is 3. The third-order valence-electron chi connectivity index (χ3n) is 7.58. The standard InChI is InChI=1S/C34H29FN4O5S/c1-34(19-31(40)39-33-37-14-15-45-33)27-18-30(29(16-23(27)11-13-38-34)43-20-24-4-2-3-12-36-24)44-25-9-10-26(28(35)17-25)21-5-7-22(8-6-21)32(41)42/h2-10,12,14-18,38H,11,13,19-20H2,1H3,(H,41,42)(H,37,39,40). The molecule has 228 valence electrons. The van der Waals surface area contributed by atoms with Crippen molar-refractivity contribution in [2.45, 2.75) is 31.9 Å². The first-order valence-electron chi connectivity index (χ1n) is 14.2. The van der Waals surface area contributed by atoms with Crippen LogP contribution in [0, 0.1) is 5.82 Å². The molecule has 3 aromatic carbocycles. The highest BCUT2D eigenvalue weighted by Gasteiger charge is 2.35. The summed E-state index contributed by atoms with van der Waals surface area (Å²) in [5.41, 5.74) is 2.85. The summed E-state index contributed by atoms with van der Waals surface area (Å²) in [6.45, 7) is 2.82. The summed E-state index contributed by atoms with van der Waals surface area (Å²) in [7, 11) is 0. The second kappa shape index (κ2) is 12.8. The van der Waals surface area contributed by atoms with Crippen molar-refractivity contribution in [2.75, 3.05) is 11.9 Å². The Bertz CT molecular complexity index is 1830. The van der Waals surface area contributed by atoms with Crippen molar-refractivity contribution in [3.05, 3.63) is 119 Å². The molecule has 2 aromatic heterocycles. The maximum absolute atomic E-state index is 15.4. The van der Waals surface area contributed by atoms with Crippen molar-refractivity contribution >= 4 is 28.3 Å². The van der Waals surface area contributed by atoms with E-state index in [1.54, 1.807) is 42.0 Å². The molecule has 1 atom stereocenters. The van der Waals surface area contributed by atoms with Crippen LogP contribution in [0.5, 0.6) is 17.2 Å². The van der Waals surface area contributed by atoms with Gasteiger partial charge in [-0.15, -0.1) is 11.3 Å². The van der Waals surface area contributed by atoms with Gasteiger partial charge < -0.3 is 25.2 Å². The summed E-state index contributed by atoms with van der Waals surface area (Å²) in [5.74, 6) is -0.700. The van der Waals surface area contributed by atoms with Crippen LogP contribution >= 0.6 is 11.3 Å². The monoisotopic (exact) mass is 624 g/mol. The van der Waals surface area contributed by atoms with Crippen molar-refractivity contribution in [3.8, 4) is 28.4 Å². The number of benzene rings is 3. The maximum atomic E-state index is 15.4. The molecule has 1 aliphatic rings. The average molecular weight is 625 g/mol. The molecule has 0 fully saturated rings. The molecule has 1 aliphatic heterocycles. The van der Waals surface area contributed by atoms with Crippen LogP contribution < -0.4 is 20.1 Å². The number of nitrogens with one attached hydrogen (secondary N) is 2. The molecule has 0 spiro atoms. The Morgan fingerprint density at radius 1 is 1.04 bits per heavy atom. The number of carbonyl (C=O) groups is 2. The van der Waals surface area contributed by atoms with Gasteiger partial charge in [0.05, 0.1) is 11.3 Å². The van der Waals surface area contributed by atoms with E-state index in [4.69, 9.17) is 9.47 Å². The number of fused-ring (bicyclic) bond motifs is 1. The molecular weight excluding hydrogens is 595 g/mol. The molecular formula is C34H29FN4O5S. The highest BCUT2D eigenvalue weighted by molar-refractivity contribution is 7.13. The summed E-state index contributed by atoms with van der Waals surface area (Å²) in [4.78, 5) is 32.7. The summed E-state index contributed by atoms with van der Waals surface area (Å²) >= 11 is 1.35. The maximum Gasteiger partial charge on any atom is 0.335 e. The molecule has 11 heteroatoms. The topological polar surface area (TPSA) is 123 Å². The molecule has 0 radical (unpaired) electrons. The average Bonchev–Trinajstić information content (AvgIpc) is 3.54. The first-order chi connectivity index (χ1) is 21.8. The first kappa shape index (κ1) is 29.9. The molecule has 45 heavy (non-hydrogen) atoms. The lowest BCUT2D eigenvalue weighted by Crippen LogP contribution is -2.47. The molecule has 3 heterocycles. The molecule has 6 rings (SSSR count). The fraction of sp³-hybridized carbons (Fsp3) is 0.176. The predicted octanol–water partition coefficient (Wildman–Crippen LogP) is 6.80. The van der Waals surface area contributed by atoms with E-state index < -0.39 is 17.3 Å². The lowest BCUT2D eigenvalue weighted by atomic mass is 9.81. The molecule has 5 aromatic rings. The van der Waals surface area contributed by atoms with Gasteiger partial charge in [0.2, 0.25) is 5.91 Å². The van der Waals surface area contributed by atoms with E-state index in [2.05, 4.69) is 20.6 Å². The second-order valence-electron chi connectivity index (χ2n) is 10.8. The predicted molar refractivity (Wildman–Crippen MR) is 168 cm³/mol. The fourth-order valence-electron chi connectivity index (χ4n) is 5.36. The number of rotatable bonds is 10. The first-order valence-corrected chi connectivity index (χ1v) is 15.1. The number of carbonyl (C=O) groups excluding carboxylic acids is 1. The van der Waals surface area contributed by atoms with Gasteiger partial charge in [0.15, 0.2) is 16.6 Å². The summed E-state index contributed by atoms with van der Waals surface area (Å²) in [6.07, 6.45) is 4.19. The van der Waals surface area contributed by atoms with E-state index in [-0.39, 0.29) is 30.2 Å². The Balaban J connectivity index is 1.31. The number of anilines is 1. The minimum absolute atomic E-state index is 0.118. The Hall–Kier alpha value is -5.13. The number of halogens is 1. The van der Waals surface area contributed by atoms with Crippen LogP contribution in [0.25, 0.3) is 11.1 Å². The van der Waals surface area contributed by atoms with E-state index in [9.17, 15) is 14.7 Å². The number of aromatic carboxylic acids is 1. The highest BCUT2D eigenvalue weighted by atomic mass is 32.1. The normalized spacial score (nSPS) is 15.6. The number of pyridine rings is 1.